The van der Waals surface area contributed by atoms with E-state index in [4.69, 9.17) is 7.85 Å². The van der Waals surface area contributed by atoms with Gasteiger partial charge in [0.1, 0.15) is 7.85 Å². The van der Waals surface area contributed by atoms with Crippen molar-refractivity contribution in [1.29, 1.82) is 5.26 Å². The van der Waals surface area contributed by atoms with Gasteiger partial charge in [-0.15, -0.1) is 0 Å². The summed E-state index contributed by atoms with van der Waals surface area (Å²) in [6, 6.07) is 8.29. The molecule has 2 radical (unpaired) electrons. The van der Waals surface area contributed by atoms with Gasteiger partial charge in [0.15, 0.2) is 0 Å². The molecule has 0 spiro atoms. The monoisotopic (exact) mass is 206 g/mol. The number of nitrogens with one attached hydrogen (secondary N) is 1. The Morgan fingerprint density at radius 1 is 1.38 bits per heavy atom. The highest BCUT2D eigenvalue weighted by Crippen LogP contribution is 2.45. The van der Waals surface area contributed by atoms with Gasteiger partial charge in [0.25, 0.3) is 0 Å². The lowest BCUT2D eigenvalue weighted by Crippen LogP contribution is -2.32. The van der Waals surface area contributed by atoms with E-state index in [1.54, 1.807) is 0 Å². The smallest absolute Gasteiger partial charge is 0.113 e. The Bertz CT molecular complexity index is 587. The number of H-pyrrole nitrogens is 1. The molecule has 16 heavy (non-hydrogen) atoms. The topological polar surface area (TPSA) is 39.6 Å². The second-order valence-corrected chi connectivity index (χ2v) is 4.55. The molecule has 2 nitrogen and oxygen atoms in total. The number of hydrogen-bond donors (Lipinski definition) is 1. The van der Waals surface area contributed by atoms with Gasteiger partial charge < -0.3 is 4.98 Å². The van der Waals surface area contributed by atoms with Crippen LogP contribution >= 0.6 is 0 Å². The van der Waals surface area contributed by atoms with Crippen LogP contribution in [0.25, 0.3) is 10.9 Å². The minimum absolute atomic E-state index is 0.256. The first-order valence-electron chi connectivity index (χ1n) is 5.53. The number of fused-ring (bicyclic) bond motifs is 1. The summed E-state index contributed by atoms with van der Waals surface area (Å²) in [6.07, 6.45) is 5.06. The highest BCUT2D eigenvalue weighted by molar-refractivity contribution is 6.33. The van der Waals surface area contributed by atoms with Crippen molar-refractivity contribution in [1.82, 2.24) is 4.98 Å². The summed E-state index contributed by atoms with van der Waals surface area (Å²) in [6.45, 7) is 0. The van der Waals surface area contributed by atoms with E-state index in [1.807, 2.05) is 24.4 Å². The lowest BCUT2D eigenvalue weighted by molar-refractivity contribution is 0.326. The maximum absolute atomic E-state index is 9.33. The summed E-state index contributed by atoms with van der Waals surface area (Å²) in [5.41, 5.74) is 2.65. The molecule has 0 amide bonds. The van der Waals surface area contributed by atoms with Crippen molar-refractivity contribution in [2.45, 2.75) is 24.7 Å². The fourth-order valence-corrected chi connectivity index (χ4v) is 2.51. The second kappa shape index (κ2) is 3.15. The lowest BCUT2D eigenvalue weighted by Gasteiger charge is -2.35. The summed E-state index contributed by atoms with van der Waals surface area (Å²) in [7, 11) is 5.74. The molecule has 1 saturated carbocycles. The molecular formula is C13H11BN2. The normalized spacial score (nSPS) is 17.9. The zero-order chi connectivity index (χ0) is 11.2. The average molecular weight is 206 g/mol. The van der Waals surface area contributed by atoms with Gasteiger partial charge in [-0.05, 0) is 30.9 Å². The third kappa shape index (κ3) is 1.13. The van der Waals surface area contributed by atoms with Gasteiger partial charge in [-0.3, -0.25) is 0 Å². The van der Waals surface area contributed by atoms with Crippen LogP contribution in [-0.4, -0.2) is 12.8 Å². The first-order valence-corrected chi connectivity index (χ1v) is 5.53. The van der Waals surface area contributed by atoms with Crippen LogP contribution in [0.4, 0.5) is 0 Å². The van der Waals surface area contributed by atoms with Crippen LogP contribution < -0.4 is 5.46 Å². The van der Waals surface area contributed by atoms with E-state index >= 15 is 0 Å². The molecule has 3 rings (SSSR count). The first-order chi connectivity index (χ1) is 7.75. The molecule has 0 unspecified atom stereocenters. The highest BCUT2D eigenvalue weighted by Gasteiger charge is 2.40. The summed E-state index contributed by atoms with van der Waals surface area (Å²) >= 11 is 0. The maximum Gasteiger partial charge on any atom is 0.113 e. The molecule has 0 atom stereocenters. The SMILES string of the molecule is [B]c1ccc2c(C3(C#N)CCC3)c[nH]c2c1. The van der Waals surface area contributed by atoms with Crippen molar-refractivity contribution in [3.05, 3.63) is 30.0 Å². The predicted molar refractivity (Wildman–Crippen MR) is 64.8 cm³/mol. The molecule has 76 valence electrons. The Balaban J connectivity index is 2.22. The lowest BCUT2D eigenvalue weighted by atomic mass is 9.65. The highest BCUT2D eigenvalue weighted by atomic mass is 14.7. The number of aromatic amines is 1. The molecule has 3 heteroatoms. The minimum atomic E-state index is -0.256. The fraction of sp³-hybridized carbons (Fsp3) is 0.308. The van der Waals surface area contributed by atoms with Crippen molar-refractivity contribution >= 4 is 24.2 Å². The van der Waals surface area contributed by atoms with E-state index in [9.17, 15) is 5.26 Å². The maximum atomic E-state index is 9.33. The Kier molecular flexibility index (Phi) is 1.88. The van der Waals surface area contributed by atoms with E-state index in [0.717, 1.165) is 41.2 Å². The van der Waals surface area contributed by atoms with Crippen LogP contribution in [0.2, 0.25) is 0 Å². The second-order valence-electron chi connectivity index (χ2n) is 4.55. The number of nitrogens with zero attached hydrogens (tertiary/aromatic N) is 1. The van der Waals surface area contributed by atoms with Crippen LogP contribution in [0.3, 0.4) is 0 Å². The number of aromatic nitrogens is 1. The van der Waals surface area contributed by atoms with E-state index < -0.39 is 0 Å². The Morgan fingerprint density at radius 3 is 2.81 bits per heavy atom. The standard InChI is InChI=1S/C13H11BN2/c14-9-2-3-10-11(7-16-12(10)6-9)13(8-15)4-1-5-13/h2-3,6-7,16H,1,4-5H2. The predicted octanol–water partition coefficient (Wildman–Crippen LogP) is 1.91. The zero-order valence-electron chi connectivity index (χ0n) is 8.96. The summed E-state index contributed by atoms with van der Waals surface area (Å²) in [5.74, 6) is 0. The van der Waals surface area contributed by atoms with Gasteiger partial charge in [-0.2, -0.15) is 5.26 Å². The third-order valence-electron chi connectivity index (χ3n) is 3.64. The molecule has 1 N–H and O–H groups in total. The summed E-state index contributed by atoms with van der Waals surface area (Å²) < 4.78 is 0. The Morgan fingerprint density at radius 2 is 2.19 bits per heavy atom. The molecule has 1 heterocycles. The van der Waals surface area contributed by atoms with Crippen LogP contribution in [0.15, 0.2) is 24.4 Å². The molecule has 0 bridgehead atoms. The number of hydrogen-bond acceptors (Lipinski definition) is 1. The zero-order valence-corrected chi connectivity index (χ0v) is 8.96. The minimum Gasteiger partial charge on any atom is -0.361 e. The van der Waals surface area contributed by atoms with Crippen molar-refractivity contribution < 1.29 is 0 Å². The molecule has 0 aliphatic heterocycles. The largest absolute Gasteiger partial charge is 0.361 e. The number of benzene rings is 1. The van der Waals surface area contributed by atoms with Crippen molar-refractivity contribution in [3.8, 4) is 6.07 Å². The average Bonchev–Trinajstić information content (AvgIpc) is 2.61. The molecule has 1 fully saturated rings. The van der Waals surface area contributed by atoms with Crippen molar-refractivity contribution in [2.24, 2.45) is 0 Å². The van der Waals surface area contributed by atoms with Crippen molar-refractivity contribution in [3.63, 3.8) is 0 Å². The molecular weight excluding hydrogens is 195 g/mol. The van der Waals surface area contributed by atoms with Crippen LogP contribution in [-0.2, 0) is 5.41 Å². The summed E-state index contributed by atoms with van der Waals surface area (Å²) in [5, 5.41) is 10.5. The number of rotatable bonds is 1. The van der Waals surface area contributed by atoms with Gasteiger partial charge in [-0.1, -0.05) is 17.6 Å². The van der Waals surface area contributed by atoms with Crippen molar-refractivity contribution in [2.75, 3.05) is 0 Å². The number of nitriles is 1. The van der Waals surface area contributed by atoms with E-state index in [-0.39, 0.29) is 5.41 Å². The van der Waals surface area contributed by atoms with Gasteiger partial charge in [0, 0.05) is 17.1 Å². The molecule has 2 aromatic rings. The summed E-state index contributed by atoms with van der Waals surface area (Å²) in [4.78, 5) is 3.21. The van der Waals surface area contributed by atoms with E-state index in [0.29, 0.717) is 0 Å². The van der Waals surface area contributed by atoms with Crippen LogP contribution in [0.5, 0.6) is 0 Å². The van der Waals surface area contributed by atoms with Gasteiger partial charge in [0.2, 0.25) is 0 Å². The quantitative estimate of drug-likeness (QED) is 0.711. The van der Waals surface area contributed by atoms with Gasteiger partial charge in [0.05, 0.1) is 11.5 Å². The fourth-order valence-electron chi connectivity index (χ4n) is 2.51. The Labute approximate surface area is 95.7 Å². The first kappa shape index (κ1) is 9.53. The van der Waals surface area contributed by atoms with Crippen LogP contribution in [0, 0.1) is 11.3 Å². The van der Waals surface area contributed by atoms with Gasteiger partial charge in [-0.25, -0.2) is 0 Å². The van der Waals surface area contributed by atoms with Crippen LogP contribution in [0.1, 0.15) is 24.8 Å². The van der Waals surface area contributed by atoms with E-state index in [2.05, 4.69) is 11.1 Å². The van der Waals surface area contributed by atoms with Gasteiger partial charge >= 0.3 is 0 Å². The third-order valence-corrected chi connectivity index (χ3v) is 3.64. The molecule has 1 aliphatic rings. The molecule has 0 saturated heterocycles. The van der Waals surface area contributed by atoms with E-state index in [1.165, 1.54) is 0 Å². The molecule has 1 aliphatic carbocycles. The molecule has 1 aromatic heterocycles. The molecule has 1 aromatic carbocycles. The Hall–Kier alpha value is -1.69.